The maximum absolute atomic E-state index is 14.0. The second-order valence-corrected chi connectivity index (χ2v) is 11.5. The number of amides is 1. The van der Waals surface area contributed by atoms with E-state index in [0.29, 0.717) is 6.61 Å². The molecule has 0 saturated heterocycles. The molecule has 49 heavy (non-hydrogen) atoms. The third-order valence-electron chi connectivity index (χ3n) is 7.76. The maximum atomic E-state index is 14.0. The second-order valence-electron chi connectivity index (χ2n) is 11.5. The molecule has 0 heterocycles. The van der Waals surface area contributed by atoms with Crippen LogP contribution in [0.25, 0.3) is 0 Å². The second kappa shape index (κ2) is 20.0. The Bertz CT molecular complexity index is 1610. The fourth-order valence-corrected chi connectivity index (χ4v) is 5.18. The van der Waals surface area contributed by atoms with Gasteiger partial charge >= 0.3 is 0 Å². The summed E-state index contributed by atoms with van der Waals surface area (Å²) in [4.78, 5) is 19.6. The summed E-state index contributed by atoms with van der Waals surface area (Å²) in [7, 11) is 0. The van der Waals surface area contributed by atoms with Crippen molar-refractivity contribution in [3.63, 3.8) is 0 Å². The van der Waals surface area contributed by atoms with Crippen molar-refractivity contribution in [3.8, 4) is 0 Å². The van der Waals surface area contributed by atoms with Crippen LogP contribution in [0.15, 0.2) is 152 Å². The van der Waals surface area contributed by atoms with Crippen LogP contribution in [-0.4, -0.2) is 42.0 Å². The van der Waals surface area contributed by atoms with Crippen molar-refractivity contribution in [1.82, 2.24) is 5.48 Å². The number of aliphatic hydroxyl groups excluding tert-OH is 1. The molecule has 5 aromatic carbocycles. The van der Waals surface area contributed by atoms with E-state index in [1.54, 1.807) is 0 Å². The van der Waals surface area contributed by atoms with Gasteiger partial charge in [0.05, 0.1) is 39.6 Å². The van der Waals surface area contributed by atoms with Crippen LogP contribution in [0.5, 0.6) is 0 Å². The van der Waals surface area contributed by atoms with Gasteiger partial charge in [-0.25, -0.2) is 5.48 Å². The minimum Gasteiger partial charge on any atom is -0.388 e. The number of nitrogens with one attached hydrogen (secondary N) is 1. The van der Waals surface area contributed by atoms with Gasteiger partial charge in [0.15, 0.2) is 6.10 Å². The molecule has 5 aromatic rings. The van der Waals surface area contributed by atoms with Crippen molar-refractivity contribution in [2.24, 2.45) is 0 Å². The molecular weight excluding hydrogens is 618 g/mol. The van der Waals surface area contributed by atoms with Crippen molar-refractivity contribution >= 4 is 5.91 Å². The van der Waals surface area contributed by atoms with Crippen LogP contribution >= 0.6 is 0 Å². The summed E-state index contributed by atoms with van der Waals surface area (Å²) in [5.41, 5.74) is 7.05. The number of carbonyl (C=O) groups excluding carboxylic acids is 1. The van der Waals surface area contributed by atoms with Crippen molar-refractivity contribution < 1.29 is 33.7 Å². The number of aliphatic hydroxyl groups is 1. The Labute approximate surface area is 288 Å². The van der Waals surface area contributed by atoms with Gasteiger partial charge in [-0.15, -0.1) is 0 Å². The molecule has 0 aliphatic rings. The molecule has 0 unspecified atom stereocenters. The maximum Gasteiger partial charge on any atom is 0.275 e. The molecule has 8 nitrogen and oxygen atoms in total. The number of hydrogen-bond donors (Lipinski definition) is 2. The summed E-state index contributed by atoms with van der Waals surface area (Å²) in [6.45, 7) is 0.769. The minimum atomic E-state index is -1.25. The molecule has 0 aliphatic heterocycles. The first kappa shape index (κ1) is 35.6. The first-order valence-corrected chi connectivity index (χ1v) is 16.4. The lowest BCUT2D eigenvalue weighted by molar-refractivity contribution is -0.196. The molecular formula is C41H43NO7. The van der Waals surface area contributed by atoms with Gasteiger partial charge in [-0.05, 0) is 27.8 Å². The topological polar surface area (TPSA) is 95.5 Å². The molecule has 5 rings (SSSR count). The van der Waals surface area contributed by atoms with Gasteiger partial charge in [0.25, 0.3) is 5.91 Å². The van der Waals surface area contributed by atoms with Crippen molar-refractivity contribution in [3.05, 3.63) is 179 Å². The van der Waals surface area contributed by atoms with Gasteiger partial charge in [-0.3, -0.25) is 9.63 Å². The SMILES string of the molecule is O=C(NOCc1ccccc1)[C@H](OCc1ccccc1)[C@@H](OCc1ccccc1)[C@@H](OCc1ccccc1)[C@H](O)COCc1ccccc1. The van der Waals surface area contributed by atoms with Gasteiger partial charge in [0.1, 0.15) is 18.3 Å². The third kappa shape index (κ3) is 12.1. The van der Waals surface area contributed by atoms with E-state index < -0.39 is 30.3 Å². The first-order valence-electron chi connectivity index (χ1n) is 16.4. The average Bonchev–Trinajstić information content (AvgIpc) is 3.15. The smallest absolute Gasteiger partial charge is 0.275 e. The number of benzene rings is 5. The monoisotopic (exact) mass is 661 g/mol. The Kier molecular flexibility index (Phi) is 14.5. The van der Waals surface area contributed by atoms with Gasteiger partial charge in [0, 0.05) is 0 Å². The highest BCUT2D eigenvalue weighted by atomic mass is 16.7. The van der Waals surface area contributed by atoms with Crippen molar-refractivity contribution in [2.75, 3.05) is 6.61 Å². The lowest BCUT2D eigenvalue weighted by Gasteiger charge is -2.35. The Morgan fingerprint density at radius 2 is 0.857 bits per heavy atom. The molecule has 0 aromatic heterocycles. The van der Waals surface area contributed by atoms with Crippen LogP contribution in [0.1, 0.15) is 27.8 Å². The van der Waals surface area contributed by atoms with E-state index in [9.17, 15) is 9.90 Å². The number of carbonyl (C=O) groups is 1. The molecule has 0 aliphatic carbocycles. The highest BCUT2D eigenvalue weighted by Crippen LogP contribution is 2.22. The minimum absolute atomic E-state index is 0.0723. The molecule has 254 valence electrons. The van der Waals surface area contributed by atoms with E-state index in [-0.39, 0.29) is 33.0 Å². The summed E-state index contributed by atoms with van der Waals surface area (Å²) in [6.07, 6.45) is -4.55. The summed E-state index contributed by atoms with van der Waals surface area (Å²) in [6, 6.07) is 48.0. The van der Waals surface area contributed by atoms with E-state index in [2.05, 4.69) is 5.48 Å². The average molecular weight is 662 g/mol. The van der Waals surface area contributed by atoms with Crippen molar-refractivity contribution in [1.29, 1.82) is 0 Å². The summed E-state index contributed by atoms with van der Waals surface area (Å²) in [5.74, 6) is -0.573. The van der Waals surface area contributed by atoms with Gasteiger partial charge in [-0.1, -0.05) is 152 Å². The zero-order valence-electron chi connectivity index (χ0n) is 27.4. The van der Waals surface area contributed by atoms with Crippen LogP contribution < -0.4 is 5.48 Å². The standard InChI is InChI=1S/C41H43NO7/c43-37(31-45-26-32-16-6-1-7-17-32)38(46-27-33-18-8-2-9-19-33)39(47-28-34-20-10-3-11-21-34)40(48-29-35-22-12-4-13-23-35)41(44)42-49-30-36-24-14-5-15-25-36/h1-25,37-40,43H,26-31H2,(H,42,44)/t37-,38+,39+,40-/m1/s1. The predicted octanol–water partition coefficient (Wildman–Crippen LogP) is 6.57. The first-order chi connectivity index (χ1) is 24.2. The molecule has 0 saturated carbocycles. The molecule has 0 spiro atoms. The highest BCUT2D eigenvalue weighted by molar-refractivity contribution is 5.80. The lowest BCUT2D eigenvalue weighted by atomic mass is 10.0. The van der Waals surface area contributed by atoms with Crippen LogP contribution in [0.3, 0.4) is 0 Å². The third-order valence-corrected chi connectivity index (χ3v) is 7.76. The Morgan fingerprint density at radius 3 is 1.31 bits per heavy atom. The number of rotatable bonds is 20. The number of hydrogen-bond acceptors (Lipinski definition) is 7. The highest BCUT2D eigenvalue weighted by Gasteiger charge is 2.41. The molecule has 2 N–H and O–H groups in total. The number of ether oxygens (including phenoxy) is 4. The molecule has 0 bridgehead atoms. The Hall–Kier alpha value is -4.67. The van der Waals surface area contributed by atoms with Gasteiger partial charge in [0.2, 0.25) is 0 Å². The molecule has 1 amide bonds. The molecule has 8 heteroatoms. The van der Waals surface area contributed by atoms with Crippen LogP contribution in [0.2, 0.25) is 0 Å². The van der Waals surface area contributed by atoms with Crippen LogP contribution in [-0.2, 0) is 61.6 Å². The lowest BCUT2D eigenvalue weighted by Crippen LogP contribution is -2.55. The van der Waals surface area contributed by atoms with E-state index in [0.717, 1.165) is 27.8 Å². The fraction of sp³-hybridized carbons (Fsp3) is 0.244. The number of hydroxylamine groups is 1. The quantitative estimate of drug-likeness (QED) is 0.0912. The van der Waals surface area contributed by atoms with E-state index >= 15 is 0 Å². The van der Waals surface area contributed by atoms with Gasteiger partial charge < -0.3 is 24.1 Å². The fourth-order valence-electron chi connectivity index (χ4n) is 5.18. The zero-order valence-corrected chi connectivity index (χ0v) is 27.4. The van der Waals surface area contributed by atoms with Gasteiger partial charge in [-0.2, -0.15) is 0 Å². The normalized spacial score (nSPS) is 13.7. The summed E-state index contributed by atoms with van der Waals surface area (Å²) in [5, 5.41) is 11.7. The predicted molar refractivity (Wildman–Crippen MR) is 187 cm³/mol. The Balaban J connectivity index is 1.42. The Morgan fingerprint density at radius 1 is 0.490 bits per heavy atom. The van der Waals surface area contributed by atoms with E-state index in [1.807, 2.05) is 152 Å². The van der Waals surface area contributed by atoms with Crippen LogP contribution in [0, 0.1) is 0 Å². The van der Waals surface area contributed by atoms with Crippen molar-refractivity contribution in [2.45, 2.75) is 57.5 Å². The summed E-state index contributed by atoms with van der Waals surface area (Å²) >= 11 is 0. The molecule has 0 radical (unpaired) electrons. The molecule has 4 atom stereocenters. The summed E-state index contributed by atoms with van der Waals surface area (Å²) < 4.78 is 25.3. The van der Waals surface area contributed by atoms with E-state index in [1.165, 1.54) is 0 Å². The van der Waals surface area contributed by atoms with E-state index in [4.69, 9.17) is 23.8 Å². The van der Waals surface area contributed by atoms with Crippen LogP contribution in [0.4, 0.5) is 0 Å². The zero-order chi connectivity index (χ0) is 33.9. The largest absolute Gasteiger partial charge is 0.388 e. The molecule has 0 fully saturated rings.